The van der Waals surface area contributed by atoms with Gasteiger partial charge in [0.2, 0.25) is 16.3 Å². The first-order valence-electron chi connectivity index (χ1n) is 21.0. The number of aromatic carboxylic acids is 1. The Morgan fingerprint density at radius 3 is 2.04 bits per heavy atom. The van der Waals surface area contributed by atoms with E-state index in [9.17, 15) is 9.59 Å². The predicted molar refractivity (Wildman–Crippen MR) is 293 cm³/mol. The molecule has 14 nitrogen and oxygen atoms in total. The molecule has 10 aromatic rings. The number of para-hydroxylation sites is 1. The van der Waals surface area contributed by atoms with Crippen LogP contribution in [-0.4, -0.2) is 58.8 Å². The molecular formula is C53H44Br2Cl2N10O4. The number of hydrogen-bond donors (Lipinski definition) is 4. The summed E-state index contributed by atoms with van der Waals surface area (Å²) in [7, 11) is 0. The number of aromatic nitrogens is 6. The lowest BCUT2D eigenvalue weighted by Gasteiger charge is -2.10. The number of aliphatic imine (C=N–C) groups is 2. The molecule has 4 N–H and O–H groups in total. The Labute approximate surface area is 435 Å². The zero-order valence-corrected chi connectivity index (χ0v) is 40.8. The Bertz CT molecular complexity index is 3520. The Balaban J connectivity index is 0.000000144. The van der Waals surface area contributed by atoms with E-state index in [1.54, 1.807) is 31.3 Å². The summed E-state index contributed by atoms with van der Waals surface area (Å²) in [4.78, 5) is 49.9. The molecule has 0 aliphatic carbocycles. The number of carbonyl (C=O) groups excluding carboxylic acids is 1. The Morgan fingerprint density at radius 1 is 0.718 bits per heavy atom. The minimum absolute atomic E-state index is 0. The molecule has 18 heteroatoms. The summed E-state index contributed by atoms with van der Waals surface area (Å²) in [6, 6.07) is 40.7. The van der Waals surface area contributed by atoms with E-state index in [1.807, 2.05) is 108 Å². The van der Waals surface area contributed by atoms with Gasteiger partial charge in [-0.25, -0.2) is 14.8 Å². The van der Waals surface area contributed by atoms with E-state index in [0.717, 1.165) is 77.5 Å². The maximum atomic E-state index is 11.1. The second-order valence-electron chi connectivity index (χ2n) is 15.4. The average Bonchev–Trinajstić information content (AvgIpc) is 4.20. The molecule has 5 aromatic carbocycles. The number of ketones is 1. The summed E-state index contributed by atoms with van der Waals surface area (Å²) in [5.41, 5.74) is 10.7. The fourth-order valence-electron chi connectivity index (χ4n) is 7.33. The topological polar surface area (TPSA) is 189 Å². The van der Waals surface area contributed by atoms with Crippen molar-refractivity contribution in [1.29, 1.82) is 0 Å². The smallest absolute Gasteiger partial charge is 0.371 e. The molecule has 0 unspecified atom stereocenters. The van der Waals surface area contributed by atoms with Crippen molar-refractivity contribution in [2.24, 2.45) is 9.98 Å². The van der Waals surface area contributed by atoms with Crippen LogP contribution in [0.2, 0.25) is 10.6 Å². The lowest BCUT2D eigenvalue weighted by Crippen LogP contribution is -2.00. The number of Topliss-reactive ketones (excluding diaryl/α,β-unsaturated/α-hetero) is 1. The lowest BCUT2D eigenvalue weighted by atomic mass is 10.1. The van der Waals surface area contributed by atoms with E-state index in [1.165, 1.54) is 17.2 Å². The molecule has 2 aliphatic rings. The second kappa shape index (κ2) is 22.9. The fourth-order valence-corrected chi connectivity index (χ4v) is 8.34. The van der Waals surface area contributed by atoms with Gasteiger partial charge in [-0.15, -0.1) is 0 Å². The number of halogens is 4. The molecule has 0 amide bonds. The Morgan fingerprint density at radius 2 is 1.38 bits per heavy atom. The normalized spacial score (nSPS) is 11.5. The first-order valence-corrected chi connectivity index (χ1v) is 23.4. The predicted octanol–water partition coefficient (Wildman–Crippen LogP) is 14.9. The van der Waals surface area contributed by atoms with Crippen molar-refractivity contribution in [2.75, 3.05) is 10.6 Å². The largest absolute Gasteiger partial charge is 0.475 e. The van der Waals surface area contributed by atoms with E-state index in [0.29, 0.717) is 22.9 Å². The molecule has 71 heavy (non-hydrogen) atoms. The van der Waals surface area contributed by atoms with Gasteiger partial charge in [-0.1, -0.05) is 83.1 Å². The molecule has 7 heterocycles. The van der Waals surface area contributed by atoms with Crippen molar-refractivity contribution in [2.45, 2.75) is 34.9 Å². The Kier molecular flexibility index (Phi) is 16.6. The summed E-state index contributed by atoms with van der Waals surface area (Å²) in [6.45, 7) is 3.08. The fraction of sp³-hybridized carbons (Fsp3) is 0.0943. The third-order valence-corrected chi connectivity index (χ3v) is 12.0. The summed E-state index contributed by atoms with van der Waals surface area (Å²) in [5, 5.41) is 18.4. The summed E-state index contributed by atoms with van der Waals surface area (Å²) >= 11 is 18.6. The number of carboxylic acid groups (broad SMARTS) is 1. The number of furan rings is 1. The van der Waals surface area contributed by atoms with Crippen LogP contribution in [-0.2, 0) is 13.1 Å². The molecule has 0 fully saturated rings. The third-order valence-electron chi connectivity index (χ3n) is 10.6. The van der Waals surface area contributed by atoms with Crippen molar-refractivity contribution in [3.63, 3.8) is 0 Å². The van der Waals surface area contributed by atoms with Gasteiger partial charge in [0.05, 0.1) is 24.2 Å². The number of rotatable bonds is 7. The van der Waals surface area contributed by atoms with Crippen LogP contribution in [0.15, 0.2) is 163 Å². The van der Waals surface area contributed by atoms with Crippen LogP contribution in [0.3, 0.4) is 0 Å². The molecule has 0 saturated carbocycles. The van der Waals surface area contributed by atoms with E-state index >= 15 is 0 Å². The van der Waals surface area contributed by atoms with Gasteiger partial charge in [-0.05, 0) is 136 Å². The highest BCUT2D eigenvalue weighted by molar-refractivity contribution is 9.10. The number of H-pyrrole nitrogens is 1. The van der Waals surface area contributed by atoms with Crippen LogP contribution in [0, 0.1) is 0 Å². The quantitative estimate of drug-likeness (QED) is 0.0883. The highest BCUT2D eigenvalue weighted by Crippen LogP contribution is 2.30. The molecule has 358 valence electrons. The van der Waals surface area contributed by atoms with E-state index in [4.69, 9.17) is 32.7 Å². The van der Waals surface area contributed by atoms with Gasteiger partial charge in [0.15, 0.2) is 11.4 Å². The number of fused-ring (bicyclic) bond motifs is 5. The van der Waals surface area contributed by atoms with Crippen molar-refractivity contribution in [3.8, 4) is 5.69 Å². The van der Waals surface area contributed by atoms with Crippen molar-refractivity contribution < 1.29 is 19.1 Å². The first-order chi connectivity index (χ1) is 33.4. The minimum Gasteiger partial charge on any atom is -0.475 e. The van der Waals surface area contributed by atoms with Gasteiger partial charge in [0.1, 0.15) is 17.2 Å². The molecule has 0 saturated heterocycles. The molecule has 5 aromatic heterocycles. The highest BCUT2D eigenvalue weighted by Gasteiger charge is 2.15. The van der Waals surface area contributed by atoms with Crippen molar-refractivity contribution in [1.82, 2.24) is 29.5 Å². The number of anilines is 4. The van der Waals surface area contributed by atoms with Crippen LogP contribution in [0.5, 0.6) is 0 Å². The number of nitrogens with zero attached hydrogens (tertiary/aromatic N) is 7. The molecule has 0 radical (unpaired) electrons. The van der Waals surface area contributed by atoms with E-state index in [-0.39, 0.29) is 37.0 Å². The first kappa shape index (κ1) is 51.4. The van der Waals surface area contributed by atoms with Crippen LogP contribution < -0.4 is 10.6 Å². The molecular weight excluding hydrogens is 1070 g/mol. The van der Waals surface area contributed by atoms with Gasteiger partial charge in [-0.3, -0.25) is 14.8 Å². The number of aromatic amines is 1. The molecule has 0 atom stereocenters. The van der Waals surface area contributed by atoms with Crippen LogP contribution in [0.25, 0.3) is 38.6 Å². The number of carbonyl (C=O) groups is 2. The highest BCUT2D eigenvalue weighted by atomic mass is 79.9. The average molecular weight is 1120 g/mol. The third kappa shape index (κ3) is 12.5. The molecule has 2 aliphatic heterocycles. The maximum Gasteiger partial charge on any atom is 0.371 e. The van der Waals surface area contributed by atoms with Crippen LogP contribution in [0.1, 0.15) is 65.1 Å². The molecule has 0 spiro atoms. The van der Waals surface area contributed by atoms with Crippen LogP contribution >= 0.6 is 55.1 Å². The van der Waals surface area contributed by atoms with Gasteiger partial charge in [0, 0.05) is 74.0 Å². The van der Waals surface area contributed by atoms with E-state index < -0.39 is 5.97 Å². The summed E-state index contributed by atoms with van der Waals surface area (Å²) in [5.74, 6) is 0.345. The Hall–Kier alpha value is -7.50. The summed E-state index contributed by atoms with van der Waals surface area (Å²) < 4.78 is 8.96. The van der Waals surface area contributed by atoms with E-state index in [2.05, 4.69) is 95.6 Å². The second-order valence-corrected chi connectivity index (χ2v) is 17.9. The zero-order valence-electron chi connectivity index (χ0n) is 36.2. The monoisotopic (exact) mass is 1110 g/mol. The van der Waals surface area contributed by atoms with Gasteiger partial charge in [0.25, 0.3) is 0 Å². The van der Waals surface area contributed by atoms with Crippen LogP contribution in [0.4, 0.5) is 23.0 Å². The molecule has 0 bridgehead atoms. The maximum absolute atomic E-state index is 11.1. The van der Waals surface area contributed by atoms with Gasteiger partial charge in [-0.2, -0.15) is 9.97 Å². The minimum atomic E-state index is -1.05. The van der Waals surface area contributed by atoms with Crippen molar-refractivity contribution in [3.05, 3.63) is 193 Å². The number of nitrogens with one attached hydrogen (secondary N) is 3. The van der Waals surface area contributed by atoms with Gasteiger partial charge >= 0.3 is 5.97 Å². The molecule has 12 rings (SSSR count). The number of carboxylic acids is 1. The summed E-state index contributed by atoms with van der Waals surface area (Å²) in [6.07, 6.45) is 7.38. The standard InChI is InChI=1S/C20H14ClN5.C12H9ClN4.C10H8BrNO.C9H5BrO3.2CH4/c21-20-24-18(23-15-7-6-13-11-22-12-14(13)10-15)17-8-9-26(19(17)25-20)16-4-2-1-3-5-16;13-12-15-4-3-11(17-12)16-10-2-1-8-6-14-7-9(8)5-10;1-6(13)9-4-7-2-3-8(11)5-10(7)12-9;10-6-2-1-5-3-8(9(11)12)13-7(5)4-6;;/h1-10,12H,11H2,(H,23,24,25);1-5,7H,6H2,(H,15,16,17);2-5,12H,1H3;1-4H,(H,11,12);2*1H4. The SMILES string of the molecule is C.C.CC(=O)c1cc2ccc(Br)cc2[nH]1.Clc1nc(Nc2ccc3c(c2)C=NC3)c2ccn(-c3ccccc3)c2n1.Clc1nccc(Nc2ccc3c(c2)C=NC3)n1.O=C(O)c1cc2ccc(Br)cc2o1. The number of benzene rings is 5. The van der Waals surface area contributed by atoms with Crippen molar-refractivity contribution >= 4 is 135 Å². The van der Waals surface area contributed by atoms with Gasteiger partial charge < -0.3 is 29.7 Å². The number of hydrogen-bond acceptors (Lipinski definition) is 11. The zero-order chi connectivity index (χ0) is 48.0. The lowest BCUT2D eigenvalue weighted by molar-refractivity contribution is 0.0664.